The summed E-state index contributed by atoms with van der Waals surface area (Å²) in [5, 5.41) is 13.7. The number of aromatic carboxylic acids is 1. The van der Waals surface area contributed by atoms with E-state index in [2.05, 4.69) is 5.10 Å². The first-order valence-corrected chi connectivity index (χ1v) is 5.50. The molecule has 0 aliphatic carbocycles. The summed E-state index contributed by atoms with van der Waals surface area (Å²) in [6, 6.07) is 6.52. The van der Waals surface area contributed by atoms with Crippen LogP contribution < -0.4 is 0 Å². The van der Waals surface area contributed by atoms with E-state index in [0.29, 0.717) is 21.4 Å². The van der Waals surface area contributed by atoms with Crippen molar-refractivity contribution < 1.29 is 9.90 Å². The van der Waals surface area contributed by atoms with Gasteiger partial charge < -0.3 is 5.11 Å². The number of carbonyl (C=O) groups is 1. The minimum atomic E-state index is -1.09. The van der Waals surface area contributed by atoms with Gasteiger partial charge in [0.05, 0.1) is 10.0 Å². The van der Waals surface area contributed by atoms with Crippen molar-refractivity contribution in [2.75, 3.05) is 0 Å². The predicted octanol–water partition coefficient (Wildman–Crippen LogP) is 3.19. The van der Waals surface area contributed by atoms with Crippen LogP contribution in [0.25, 0.3) is 5.69 Å². The maximum atomic E-state index is 10.8. The molecule has 1 N–H and O–H groups in total. The minimum Gasteiger partial charge on any atom is -0.476 e. The van der Waals surface area contributed by atoms with Crippen LogP contribution >= 0.6 is 23.2 Å². The van der Waals surface area contributed by atoms with Gasteiger partial charge in [-0.25, -0.2) is 9.48 Å². The number of para-hydroxylation sites is 1. The SMILES string of the molecule is Cc1cc(C(=O)O)nn1-c1c(Cl)cccc1Cl. The molecule has 2 aromatic rings. The Morgan fingerprint density at radius 3 is 2.41 bits per heavy atom. The van der Waals surface area contributed by atoms with E-state index in [4.69, 9.17) is 28.3 Å². The van der Waals surface area contributed by atoms with Crippen molar-refractivity contribution >= 4 is 29.2 Å². The van der Waals surface area contributed by atoms with Crippen LogP contribution in [-0.4, -0.2) is 20.9 Å². The maximum absolute atomic E-state index is 10.8. The second-order valence-corrected chi connectivity index (χ2v) is 4.27. The number of halogens is 2. The number of carboxylic acid groups (broad SMARTS) is 1. The van der Waals surface area contributed by atoms with Crippen molar-refractivity contribution in [2.45, 2.75) is 6.92 Å². The molecular formula is C11H8Cl2N2O2. The van der Waals surface area contributed by atoms with Crippen LogP contribution in [-0.2, 0) is 0 Å². The van der Waals surface area contributed by atoms with Gasteiger partial charge in [0.1, 0.15) is 5.69 Å². The summed E-state index contributed by atoms with van der Waals surface area (Å²) in [4.78, 5) is 10.8. The molecule has 0 unspecified atom stereocenters. The molecule has 0 bridgehead atoms. The normalized spacial score (nSPS) is 10.5. The zero-order valence-corrected chi connectivity index (χ0v) is 10.3. The fourth-order valence-electron chi connectivity index (χ4n) is 1.50. The molecule has 88 valence electrons. The van der Waals surface area contributed by atoms with E-state index in [1.807, 2.05) is 0 Å². The fourth-order valence-corrected chi connectivity index (χ4v) is 2.05. The molecule has 0 saturated heterocycles. The molecule has 0 aliphatic heterocycles. The molecule has 6 heteroatoms. The Bertz CT molecular complexity index is 573. The predicted molar refractivity (Wildman–Crippen MR) is 65.3 cm³/mol. The van der Waals surface area contributed by atoms with E-state index in [9.17, 15) is 4.79 Å². The molecule has 0 spiro atoms. The fraction of sp³-hybridized carbons (Fsp3) is 0.0909. The van der Waals surface area contributed by atoms with Crippen molar-refractivity contribution in [3.63, 3.8) is 0 Å². The van der Waals surface area contributed by atoms with E-state index in [1.54, 1.807) is 25.1 Å². The smallest absolute Gasteiger partial charge is 0.356 e. The van der Waals surface area contributed by atoms with Crippen LogP contribution in [0, 0.1) is 6.92 Å². The third-order valence-corrected chi connectivity index (χ3v) is 2.87. The summed E-state index contributed by atoms with van der Waals surface area (Å²) in [7, 11) is 0. The number of benzene rings is 1. The van der Waals surface area contributed by atoms with E-state index in [1.165, 1.54) is 10.7 Å². The lowest BCUT2D eigenvalue weighted by molar-refractivity contribution is 0.0690. The van der Waals surface area contributed by atoms with Crippen molar-refractivity contribution in [3.8, 4) is 5.69 Å². The van der Waals surface area contributed by atoms with Gasteiger partial charge in [0, 0.05) is 5.69 Å². The standard InChI is InChI=1S/C11H8Cl2N2O2/c1-6-5-9(11(16)17)14-15(6)10-7(12)3-2-4-8(10)13/h2-5H,1H3,(H,16,17). The molecule has 0 atom stereocenters. The molecule has 1 heterocycles. The Balaban J connectivity index is 2.64. The van der Waals surface area contributed by atoms with Crippen LogP contribution in [0.3, 0.4) is 0 Å². The lowest BCUT2D eigenvalue weighted by atomic mass is 10.3. The van der Waals surface area contributed by atoms with Gasteiger partial charge in [-0.3, -0.25) is 0 Å². The van der Waals surface area contributed by atoms with Crippen LogP contribution in [0.15, 0.2) is 24.3 Å². The van der Waals surface area contributed by atoms with Gasteiger partial charge in [-0.2, -0.15) is 5.10 Å². The van der Waals surface area contributed by atoms with Gasteiger partial charge in [0.15, 0.2) is 5.69 Å². The summed E-state index contributed by atoms with van der Waals surface area (Å²) in [5.74, 6) is -1.09. The minimum absolute atomic E-state index is 0.0431. The Morgan fingerprint density at radius 2 is 1.94 bits per heavy atom. The van der Waals surface area contributed by atoms with Gasteiger partial charge in [-0.1, -0.05) is 29.3 Å². The highest BCUT2D eigenvalue weighted by atomic mass is 35.5. The van der Waals surface area contributed by atoms with E-state index in [-0.39, 0.29) is 5.69 Å². The Labute approximate surface area is 107 Å². The summed E-state index contributed by atoms with van der Waals surface area (Å²) in [6.07, 6.45) is 0. The number of aromatic nitrogens is 2. The highest BCUT2D eigenvalue weighted by Crippen LogP contribution is 2.28. The largest absolute Gasteiger partial charge is 0.476 e. The topological polar surface area (TPSA) is 55.1 Å². The van der Waals surface area contributed by atoms with Crippen molar-refractivity contribution in [2.24, 2.45) is 0 Å². The van der Waals surface area contributed by atoms with E-state index >= 15 is 0 Å². The highest BCUT2D eigenvalue weighted by molar-refractivity contribution is 6.37. The van der Waals surface area contributed by atoms with Crippen LogP contribution in [0.2, 0.25) is 10.0 Å². The second-order valence-electron chi connectivity index (χ2n) is 3.46. The third kappa shape index (κ3) is 2.14. The number of rotatable bonds is 2. The molecule has 4 nitrogen and oxygen atoms in total. The molecule has 1 aromatic heterocycles. The van der Waals surface area contributed by atoms with Gasteiger partial charge >= 0.3 is 5.97 Å². The van der Waals surface area contributed by atoms with Crippen LogP contribution in [0.4, 0.5) is 0 Å². The molecule has 1 aromatic carbocycles. The van der Waals surface area contributed by atoms with Crippen molar-refractivity contribution in [1.82, 2.24) is 9.78 Å². The number of carboxylic acids is 1. The van der Waals surface area contributed by atoms with Crippen molar-refractivity contribution in [1.29, 1.82) is 0 Å². The lowest BCUT2D eigenvalue weighted by Gasteiger charge is -2.08. The first-order chi connectivity index (χ1) is 8.00. The maximum Gasteiger partial charge on any atom is 0.356 e. The molecule has 0 radical (unpaired) electrons. The summed E-state index contributed by atoms with van der Waals surface area (Å²) < 4.78 is 1.42. The van der Waals surface area contributed by atoms with E-state index < -0.39 is 5.97 Å². The zero-order valence-electron chi connectivity index (χ0n) is 8.82. The first kappa shape index (κ1) is 12.0. The van der Waals surface area contributed by atoms with E-state index in [0.717, 1.165) is 0 Å². The average molecular weight is 271 g/mol. The Hall–Kier alpha value is -1.52. The molecule has 0 fully saturated rings. The van der Waals surface area contributed by atoms with Gasteiger partial charge in [0.25, 0.3) is 0 Å². The Morgan fingerprint density at radius 1 is 1.35 bits per heavy atom. The molecular weight excluding hydrogens is 263 g/mol. The van der Waals surface area contributed by atoms with Crippen LogP contribution in [0.5, 0.6) is 0 Å². The Kier molecular flexibility index (Phi) is 3.09. The molecule has 2 rings (SSSR count). The van der Waals surface area contributed by atoms with Crippen LogP contribution in [0.1, 0.15) is 16.2 Å². The monoisotopic (exact) mass is 270 g/mol. The van der Waals surface area contributed by atoms with Gasteiger partial charge in [-0.15, -0.1) is 0 Å². The third-order valence-electron chi connectivity index (χ3n) is 2.26. The quantitative estimate of drug-likeness (QED) is 0.912. The second kappa shape index (κ2) is 4.39. The number of hydrogen-bond acceptors (Lipinski definition) is 2. The highest BCUT2D eigenvalue weighted by Gasteiger charge is 2.15. The number of nitrogens with zero attached hydrogens (tertiary/aromatic N) is 2. The average Bonchev–Trinajstić information content (AvgIpc) is 2.61. The molecule has 17 heavy (non-hydrogen) atoms. The molecule has 0 aliphatic rings. The lowest BCUT2D eigenvalue weighted by Crippen LogP contribution is -2.03. The summed E-state index contributed by atoms with van der Waals surface area (Å²) in [5.41, 5.74) is 1.09. The number of aryl methyl sites for hydroxylation is 1. The van der Waals surface area contributed by atoms with Crippen molar-refractivity contribution in [3.05, 3.63) is 45.7 Å². The first-order valence-electron chi connectivity index (χ1n) is 4.75. The molecule has 0 saturated carbocycles. The van der Waals surface area contributed by atoms with Gasteiger partial charge in [0.2, 0.25) is 0 Å². The molecule has 0 amide bonds. The zero-order chi connectivity index (χ0) is 12.6. The number of hydrogen-bond donors (Lipinski definition) is 1. The summed E-state index contributed by atoms with van der Waals surface area (Å²) >= 11 is 12.1. The van der Waals surface area contributed by atoms with Gasteiger partial charge in [-0.05, 0) is 25.1 Å². The summed E-state index contributed by atoms with van der Waals surface area (Å²) in [6.45, 7) is 1.74.